The molecule has 0 spiro atoms. The Kier molecular flexibility index (Phi) is 3.05. The Morgan fingerprint density at radius 2 is 1.86 bits per heavy atom. The average molecular weight is 194 g/mol. The first-order chi connectivity index (χ1) is 6.36. The van der Waals surface area contributed by atoms with E-state index in [0.717, 1.165) is 0 Å². The van der Waals surface area contributed by atoms with E-state index in [1.165, 1.54) is 11.3 Å². The van der Waals surface area contributed by atoms with E-state index in [4.69, 9.17) is 5.73 Å². The third-order valence-corrected chi connectivity index (χ3v) is 2.76. The number of nitrogens with one attached hydrogen (secondary N) is 1. The molecule has 2 nitrogen and oxygen atoms in total. The lowest BCUT2D eigenvalue weighted by Gasteiger charge is -2.32. The zero-order valence-electron chi connectivity index (χ0n) is 9.89. The summed E-state index contributed by atoms with van der Waals surface area (Å²) >= 11 is 0. The molecule has 14 heavy (non-hydrogen) atoms. The quantitative estimate of drug-likeness (QED) is 0.670. The predicted octanol–water partition coefficient (Wildman–Crippen LogP) is 2.04. The molecule has 80 valence electrons. The molecule has 2 atom stereocenters. The largest absolute Gasteiger partial charge is 0.388 e. The van der Waals surface area contributed by atoms with Crippen LogP contribution in [-0.2, 0) is 0 Å². The lowest BCUT2D eigenvalue weighted by molar-refractivity contribution is 0.480. The van der Waals surface area contributed by atoms with Crippen molar-refractivity contribution in [1.29, 1.82) is 0 Å². The maximum atomic E-state index is 5.99. The molecule has 0 saturated carbocycles. The van der Waals surface area contributed by atoms with Crippen LogP contribution in [0.25, 0.3) is 0 Å². The highest BCUT2D eigenvalue weighted by Gasteiger charge is 2.25. The van der Waals surface area contributed by atoms with Crippen LogP contribution in [0.3, 0.4) is 0 Å². The first kappa shape index (κ1) is 11.3. The van der Waals surface area contributed by atoms with Gasteiger partial charge in [-0.2, -0.15) is 0 Å². The molecule has 3 N–H and O–H groups in total. The Morgan fingerprint density at radius 3 is 2.29 bits per heavy atom. The van der Waals surface area contributed by atoms with Gasteiger partial charge < -0.3 is 11.1 Å². The molecule has 1 aliphatic rings. The molecule has 2 heteroatoms. The molecule has 0 heterocycles. The van der Waals surface area contributed by atoms with Gasteiger partial charge in [-0.25, -0.2) is 0 Å². The van der Waals surface area contributed by atoms with Gasteiger partial charge in [-0.05, 0) is 23.0 Å². The van der Waals surface area contributed by atoms with Crippen molar-refractivity contribution in [2.75, 3.05) is 7.05 Å². The highest BCUT2D eigenvalue weighted by Crippen LogP contribution is 2.34. The first-order valence-corrected chi connectivity index (χ1v) is 5.24. The Morgan fingerprint density at radius 1 is 1.29 bits per heavy atom. The number of hydrogen-bond acceptors (Lipinski definition) is 2. The van der Waals surface area contributed by atoms with Crippen LogP contribution < -0.4 is 11.1 Å². The van der Waals surface area contributed by atoms with Crippen LogP contribution in [0.4, 0.5) is 0 Å². The van der Waals surface area contributed by atoms with E-state index in [0.29, 0.717) is 5.92 Å². The van der Waals surface area contributed by atoms with Crippen molar-refractivity contribution in [1.82, 2.24) is 5.32 Å². The molecule has 0 aliphatic heterocycles. The Hall–Kier alpha value is -0.760. The third-order valence-electron chi connectivity index (χ3n) is 2.76. The van der Waals surface area contributed by atoms with Gasteiger partial charge in [0.15, 0.2) is 0 Å². The van der Waals surface area contributed by atoms with Crippen molar-refractivity contribution in [3.05, 3.63) is 23.4 Å². The fraction of sp³-hybridized carbons (Fsp3) is 0.667. The summed E-state index contributed by atoms with van der Waals surface area (Å²) in [7, 11) is 1.95. The molecule has 2 unspecified atom stereocenters. The minimum atomic E-state index is 0.142. The summed E-state index contributed by atoms with van der Waals surface area (Å²) < 4.78 is 0. The summed E-state index contributed by atoms with van der Waals surface area (Å²) in [6, 6.07) is 0.142. The zero-order chi connectivity index (χ0) is 10.9. The molecule has 0 radical (unpaired) electrons. The van der Waals surface area contributed by atoms with Crippen molar-refractivity contribution in [3.8, 4) is 0 Å². The maximum absolute atomic E-state index is 5.99. The van der Waals surface area contributed by atoms with Crippen LogP contribution in [0.5, 0.6) is 0 Å². The summed E-state index contributed by atoms with van der Waals surface area (Å²) in [5.74, 6) is 0.432. The minimum absolute atomic E-state index is 0.142. The number of nitrogens with two attached hydrogens (primary N) is 1. The molecular formula is C12H22N2. The van der Waals surface area contributed by atoms with E-state index in [-0.39, 0.29) is 11.5 Å². The molecule has 0 aromatic rings. The second-order valence-corrected chi connectivity index (χ2v) is 5.10. The highest BCUT2D eigenvalue weighted by molar-refractivity contribution is 5.39. The van der Waals surface area contributed by atoms with Crippen LogP contribution in [0.1, 0.15) is 27.7 Å². The van der Waals surface area contributed by atoms with E-state index in [2.05, 4.69) is 45.2 Å². The summed E-state index contributed by atoms with van der Waals surface area (Å²) in [6.07, 6.45) is 4.42. The van der Waals surface area contributed by atoms with E-state index in [9.17, 15) is 0 Å². The normalized spacial score (nSPS) is 28.1. The van der Waals surface area contributed by atoms with Gasteiger partial charge in [-0.15, -0.1) is 0 Å². The smallest absolute Gasteiger partial charge is 0.0347 e. The Labute approximate surface area is 87.3 Å². The molecule has 0 fully saturated rings. The average Bonchev–Trinajstić information content (AvgIpc) is 2.07. The van der Waals surface area contributed by atoms with Gasteiger partial charge in [0.05, 0.1) is 0 Å². The molecular weight excluding hydrogens is 172 g/mol. The third kappa shape index (κ3) is 2.18. The summed E-state index contributed by atoms with van der Waals surface area (Å²) in [4.78, 5) is 0. The molecule has 1 rings (SSSR count). The molecule has 0 bridgehead atoms. The van der Waals surface area contributed by atoms with Gasteiger partial charge in [0.2, 0.25) is 0 Å². The van der Waals surface area contributed by atoms with Gasteiger partial charge in [0.25, 0.3) is 0 Å². The number of rotatable bonds is 1. The van der Waals surface area contributed by atoms with Crippen molar-refractivity contribution in [3.63, 3.8) is 0 Å². The molecule has 0 aromatic heterocycles. The summed E-state index contributed by atoms with van der Waals surface area (Å²) in [5.41, 5.74) is 8.73. The van der Waals surface area contributed by atoms with Crippen LogP contribution in [0.2, 0.25) is 0 Å². The van der Waals surface area contributed by atoms with Crippen molar-refractivity contribution < 1.29 is 0 Å². The number of hydrogen-bond donors (Lipinski definition) is 2. The topological polar surface area (TPSA) is 38.0 Å². The molecule has 1 aliphatic carbocycles. The number of likely N-dealkylation sites (N-methyl/N-ethyl adjacent to an activating group) is 1. The van der Waals surface area contributed by atoms with Crippen LogP contribution >= 0.6 is 0 Å². The standard InChI is InChI=1S/C12H22N2/c1-8-6-9(12(2,3)4)11(14-5)7-10(8)13/h6-8,10,14H,13H2,1-5H3. The lowest BCUT2D eigenvalue weighted by Crippen LogP contribution is -2.33. The van der Waals surface area contributed by atoms with E-state index < -0.39 is 0 Å². The van der Waals surface area contributed by atoms with Gasteiger partial charge in [-0.3, -0.25) is 0 Å². The highest BCUT2D eigenvalue weighted by atomic mass is 14.8. The number of allylic oxidation sites excluding steroid dienone is 1. The monoisotopic (exact) mass is 194 g/mol. The van der Waals surface area contributed by atoms with Crippen molar-refractivity contribution in [2.45, 2.75) is 33.7 Å². The molecule has 0 aromatic carbocycles. The van der Waals surface area contributed by atoms with Gasteiger partial charge in [-0.1, -0.05) is 33.8 Å². The first-order valence-electron chi connectivity index (χ1n) is 5.24. The van der Waals surface area contributed by atoms with Crippen molar-refractivity contribution in [2.24, 2.45) is 17.1 Å². The predicted molar refractivity (Wildman–Crippen MR) is 61.8 cm³/mol. The summed E-state index contributed by atoms with van der Waals surface area (Å²) in [5, 5.41) is 3.22. The maximum Gasteiger partial charge on any atom is 0.0347 e. The van der Waals surface area contributed by atoms with Gasteiger partial charge >= 0.3 is 0 Å². The zero-order valence-corrected chi connectivity index (χ0v) is 9.89. The fourth-order valence-corrected chi connectivity index (χ4v) is 1.77. The second-order valence-electron chi connectivity index (χ2n) is 5.10. The SMILES string of the molecule is CNC1=CC(N)C(C)C=C1C(C)(C)C. The second kappa shape index (κ2) is 3.77. The van der Waals surface area contributed by atoms with E-state index in [1.54, 1.807) is 0 Å². The van der Waals surface area contributed by atoms with E-state index in [1.807, 2.05) is 7.05 Å². The summed E-state index contributed by atoms with van der Waals surface area (Å²) in [6.45, 7) is 8.86. The van der Waals surface area contributed by atoms with Crippen LogP contribution in [0.15, 0.2) is 23.4 Å². The van der Waals surface area contributed by atoms with E-state index >= 15 is 0 Å². The Bertz CT molecular complexity index is 269. The molecule has 0 amide bonds. The lowest BCUT2D eigenvalue weighted by atomic mass is 9.78. The minimum Gasteiger partial charge on any atom is -0.388 e. The van der Waals surface area contributed by atoms with Gasteiger partial charge in [0.1, 0.15) is 0 Å². The van der Waals surface area contributed by atoms with Gasteiger partial charge in [0, 0.05) is 18.8 Å². The van der Waals surface area contributed by atoms with Crippen LogP contribution in [0, 0.1) is 11.3 Å². The molecule has 0 saturated heterocycles. The van der Waals surface area contributed by atoms with Crippen molar-refractivity contribution >= 4 is 0 Å². The Balaban J connectivity index is 3.04. The van der Waals surface area contributed by atoms with Crippen LogP contribution in [-0.4, -0.2) is 13.1 Å². The fourth-order valence-electron chi connectivity index (χ4n) is 1.77.